The average molecular weight is 455 g/mol. The lowest BCUT2D eigenvalue weighted by atomic mass is 10.1. The fraction of sp³-hybridized carbons (Fsp3) is 0.619. The second kappa shape index (κ2) is 9.86. The van der Waals surface area contributed by atoms with Gasteiger partial charge in [0.15, 0.2) is 9.84 Å². The van der Waals surface area contributed by atoms with Gasteiger partial charge < -0.3 is 19.1 Å². The Hall–Kier alpha value is -2.33. The Bertz CT molecular complexity index is 877. The number of hydrogen-bond donors (Lipinski definition) is 0. The van der Waals surface area contributed by atoms with Gasteiger partial charge in [-0.1, -0.05) is 13.8 Å². The smallest absolute Gasteiger partial charge is 0.414 e. The number of rotatable bonds is 7. The maximum atomic E-state index is 12.2. The molecule has 2 amide bonds. The molecule has 2 aliphatic heterocycles. The van der Waals surface area contributed by atoms with Crippen LogP contribution in [0.4, 0.5) is 15.3 Å². The standard InChI is InChI=1S/C21H30N2O7S/c1-15(2)13-29-20(24)22-10-8-17(9-11-22)28-14-18-12-23(21(25)30-18)16-4-6-19(7-5-16)31(3,26)27/h4-7,15,17-18H,8-14H2,1-3H3. The molecule has 0 aromatic heterocycles. The number of benzene rings is 1. The zero-order valence-electron chi connectivity index (χ0n) is 18.2. The van der Waals surface area contributed by atoms with E-state index in [4.69, 9.17) is 14.2 Å². The molecule has 1 atom stereocenters. The third kappa shape index (κ3) is 6.33. The van der Waals surface area contributed by atoms with Crippen molar-refractivity contribution in [2.75, 3.05) is 44.0 Å². The van der Waals surface area contributed by atoms with Crippen molar-refractivity contribution < 1.29 is 32.2 Å². The van der Waals surface area contributed by atoms with E-state index in [1.165, 1.54) is 17.0 Å². The fourth-order valence-electron chi connectivity index (χ4n) is 3.47. The number of anilines is 1. The van der Waals surface area contributed by atoms with Gasteiger partial charge in [0, 0.05) is 25.0 Å². The summed E-state index contributed by atoms with van der Waals surface area (Å²) in [5.41, 5.74) is 0.577. The number of sulfone groups is 1. The van der Waals surface area contributed by atoms with Crippen LogP contribution in [0.2, 0.25) is 0 Å². The van der Waals surface area contributed by atoms with Crippen LogP contribution in [0.25, 0.3) is 0 Å². The molecule has 0 aliphatic carbocycles. The molecule has 2 fully saturated rings. The molecule has 3 rings (SSSR count). The highest BCUT2D eigenvalue weighted by Crippen LogP contribution is 2.24. The predicted octanol–water partition coefficient (Wildman–Crippen LogP) is 2.69. The van der Waals surface area contributed by atoms with E-state index in [9.17, 15) is 18.0 Å². The van der Waals surface area contributed by atoms with Crippen molar-refractivity contribution in [3.63, 3.8) is 0 Å². The van der Waals surface area contributed by atoms with Crippen molar-refractivity contribution in [3.05, 3.63) is 24.3 Å². The zero-order valence-corrected chi connectivity index (χ0v) is 19.0. The number of ether oxygens (including phenoxy) is 3. The van der Waals surface area contributed by atoms with Crippen molar-refractivity contribution >= 4 is 27.7 Å². The van der Waals surface area contributed by atoms with Gasteiger partial charge in [-0.15, -0.1) is 0 Å². The second-order valence-electron chi connectivity index (χ2n) is 8.37. The van der Waals surface area contributed by atoms with Crippen LogP contribution in [-0.2, 0) is 24.0 Å². The van der Waals surface area contributed by atoms with Crippen LogP contribution < -0.4 is 4.90 Å². The third-order valence-corrected chi connectivity index (χ3v) is 6.34. The molecule has 9 nitrogen and oxygen atoms in total. The number of nitrogens with zero attached hydrogens (tertiary/aromatic N) is 2. The second-order valence-corrected chi connectivity index (χ2v) is 10.4. The molecule has 2 saturated heterocycles. The highest BCUT2D eigenvalue weighted by molar-refractivity contribution is 7.90. The number of carbonyl (C=O) groups excluding carboxylic acids is 2. The molecular weight excluding hydrogens is 424 g/mol. The first-order valence-electron chi connectivity index (χ1n) is 10.4. The minimum absolute atomic E-state index is 0.00375. The molecule has 0 bridgehead atoms. The average Bonchev–Trinajstić information content (AvgIpc) is 3.11. The van der Waals surface area contributed by atoms with Crippen LogP contribution in [0.5, 0.6) is 0 Å². The predicted molar refractivity (Wildman–Crippen MR) is 114 cm³/mol. The van der Waals surface area contributed by atoms with E-state index in [-0.39, 0.29) is 23.7 Å². The summed E-state index contributed by atoms with van der Waals surface area (Å²) in [6.07, 6.45) is 1.37. The molecule has 172 valence electrons. The normalized spacial score (nSPS) is 20.3. The Morgan fingerprint density at radius 3 is 2.42 bits per heavy atom. The summed E-state index contributed by atoms with van der Waals surface area (Å²) in [6, 6.07) is 6.13. The maximum Gasteiger partial charge on any atom is 0.414 e. The number of carbonyl (C=O) groups is 2. The maximum absolute atomic E-state index is 12.2. The molecule has 10 heteroatoms. The van der Waals surface area contributed by atoms with Crippen LogP contribution >= 0.6 is 0 Å². The Morgan fingerprint density at radius 2 is 1.84 bits per heavy atom. The lowest BCUT2D eigenvalue weighted by Crippen LogP contribution is -2.42. The monoisotopic (exact) mass is 454 g/mol. The van der Waals surface area contributed by atoms with Gasteiger partial charge in [-0.3, -0.25) is 4.90 Å². The summed E-state index contributed by atoms with van der Waals surface area (Å²) in [5.74, 6) is 0.302. The van der Waals surface area contributed by atoms with Gasteiger partial charge in [0.05, 0.1) is 30.8 Å². The molecule has 0 saturated carbocycles. The van der Waals surface area contributed by atoms with Gasteiger partial charge in [-0.2, -0.15) is 0 Å². The van der Waals surface area contributed by atoms with E-state index >= 15 is 0 Å². The molecule has 2 heterocycles. The van der Waals surface area contributed by atoms with Crippen molar-refractivity contribution in [3.8, 4) is 0 Å². The summed E-state index contributed by atoms with van der Waals surface area (Å²) in [7, 11) is -3.29. The first-order chi connectivity index (χ1) is 14.6. The van der Waals surface area contributed by atoms with Crippen LogP contribution in [0, 0.1) is 5.92 Å². The lowest BCUT2D eigenvalue weighted by Gasteiger charge is -2.31. The summed E-state index contributed by atoms with van der Waals surface area (Å²) in [5, 5.41) is 0. The van der Waals surface area contributed by atoms with E-state index in [2.05, 4.69) is 0 Å². The van der Waals surface area contributed by atoms with Crippen LogP contribution in [0.3, 0.4) is 0 Å². The van der Waals surface area contributed by atoms with Gasteiger partial charge in [-0.25, -0.2) is 18.0 Å². The molecule has 0 spiro atoms. The van der Waals surface area contributed by atoms with Crippen molar-refractivity contribution in [2.24, 2.45) is 5.92 Å². The Kier molecular flexibility index (Phi) is 7.42. The number of hydrogen-bond acceptors (Lipinski definition) is 7. The number of piperidine rings is 1. The quantitative estimate of drug-likeness (QED) is 0.624. The van der Waals surface area contributed by atoms with Crippen molar-refractivity contribution in [1.29, 1.82) is 0 Å². The van der Waals surface area contributed by atoms with E-state index in [0.29, 0.717) is 50.7 Å². The highest BCUT2D eigenvalue weighted by atomic mass is 32.2. The van der Waals surface area contributed by atoms with Crippen molar-refractivity contribution in [2.45, 2.75) is 43.8 Å². The number of amides is 2. The topological polar surface area (TPSA) is 102 Å². The summed E-state index contributed by atoms with van der Waals surface area (Å²) in [4.78, 5) is 27.6. The molecule has 1 unspecified atom stereocenters. The largest absolute Gasteiger partial charge is 0.449 e. The van der Waals surface area contributed by atoms with Gasteiger partial charge in [-0.05, 0) is 43.0 Å². The Morgan fingerprint density at radius 1 is 1.19 bits per heavy atom. The molecule has 2 aliphatic rings. The van der Waals surface area contributed by atoms with Gasteiger partial charge in [0.1, 0.15) is 6.10 Å². The van der Waals surface area contributed by atoms with E-state index in [1.807, 2.05) is 13.8 Å². The molecule has 1 aromatic rings. The van der Waals surface area contributed by atoms with Crippen LogP contribution in [-0.4, -0.2) is 76.8 Å². The summed E-state index contributed by atoms with van der Waals surface area (Å²) in [6.45, 7) is 6.15. The van der Waals surface area contributed by atoms with E-state index in [0.717, 1.165) is 6.26 Å². The van der Waals surface area contributed by atoms with E-state index < -0.39 is 22.0 Å². The minimum atomic E-state index is -3.29. The number of likely N-dealkylation sites (tertiary alicyclic amines) is 1. The molecule has 31 heavy (non-hydrogen) atoms. The molecule has 0 radical (unpaired) electrons. The first kappa shape index (κ1) is 23.3. The minimum Gasteiger partial charge on any atom is -0.449 e. The lowest BCUT2D eigenvalue weighted by molar-refractivity contribution is -0.0273. The first-order valence-corrected chi connectivity index (χ1v) is 12.3. The van der Waals surface area contributed by atoms with Gasteiger partial charge in [0.2, 0.25) is 0 Å². The SMILES string of the molecule is CC(C)COC(=O)N1CCC(OCC2CN(c3ccc(S(C)(=O)=O)cc3)C(=O)O2)CC1. The summed E-state index contributed by atoms with van der Waals surface area (Å²) < 4.78 is 39.7. The number of cyclic esters (lactones) is 1. The zero-order chi connectivity index (χ0) is 22.6. The molecule has 1 aromatic carbocycles. The van der Waals surface area contributed by atoms with Gasteiger partial charge in [0.25, 0.3) is 0 Å². The fourth-order valence-corrected chi connectivity index (χ4v) is 4.10. The highest BCUT2D eigenvalue weighted by Gasteiger charge is 2.34. The van der Waals surface area contributed by atoms with Gasteiger partial charge >= 0.3 is 12.2 Å². The Labute approximate surface area is 183 Å². The van der Waals surface area contributed by atoms with Crippen molar-refractivity contribution in [1.82, 2.24) is 4.90 Å². The van der Waals surface area contributed by atoms with E-state index in [1.54, 1.807) is 17.0 Å². The van der Waals surface area contributed by atoms with Crippen LogP contribution in [0.1, 0.15) is 26.7 Å². The Balaban J connectivity index is 1.43. The molecule has 0 N–H and O–H groups in total. The summed E-state index contributed by atoms with van der Waals surface area (Å²) >= 11 is 0. The third-order valence-electron chi connectivity index (χ3n) is 5.21. The van der Waals surface area contributed by atoms with Crippen LogP contribution in [0.15, 0.2) is 29.2 Å². The molecular formula is C21H30N2O7S.